The van der Waals surface area contributed by atoms with Crippen LogP contribution < -0.4 is 5.32 Å². The van der Waals surface area contributed by atoms with E-state index in [2.05, 4.69) is 28.2 Å². The Balaban J connectivity index is 1.89. The largest absolute Gasteiger partial charge is 0.466 e. The lowest BCUT2D eigenvalue weighted by molar-refractivity contribution is -0.154. The van der Waals surface area contributed by atoms with Crippen LogP contribution in [0.1, 0.15) is 52.4 Å². The Labute approximate surface area is 186 Å². The third kappa shape index (κ3) is 4.00. The second-order valence-corrected chi connectivity index (χ2v) is 9.55. The highest BCUT2D eigenvalue weighted by atomic mass is 79.9. The zero-order chi connectivity index (χ0) is 21.9. The number of hydrogen-bond acceptors (Lipinski definition) is 6. The van der Waals surface area contributed by atoms with E-state index in [1.807, 2.05) is 0 Å². The summed E-state index contributed by atoms with van der Waals surface area (Å²) >= 11 is 3.61. The van der Waals surface area contributed by atoms with Crippen molar-refractivity contribution >= 4 is 33.7 Å². The highest BCUT2D eigenvalue weighted by molar-refractivity contribution is 9.09. The molecule has 8 nitrogen and oxygen atoms in total. The molecule has 0 saturated carbocycles. The normalized spacial score (nSPS) is 34.3. The van der Waals surface area contributed by atoms with Gasteiger partial charge in [0.1, 0.15) is 11.6 Å². The Hall–Kier alpha value is -1.19. The van der Waals surface area contributed by atoms with Crippen LogP contribution in [0.2, 0.25) is 0 Å². The molecule has 2 amide bonds. The van der Waals surface area contributed by atoms with E-state index in [1.165, 1.54) is 0 Å². The lowest BCUT2D eigenvalue weighted by Crippen LogP contribution is -2.56. The summed E-state index contributed by atoms with van der Waals surface area (Å²) in [5.41, 5.74) is -1.03. The maximum Gasteiger partial charge on any atom is 0.312 e. The second kappa shape index (κ2) is 9.96. The Morgan fingerprint density at radius 2 is 2.07 bits per heavy atom. The van der Waals surface area contributed by atoms with E-state index < -0.39 is 35.6 Å². The number of ether oxygens (including phenoxy) is 2. The number of likely N-dealkylation sites (tertiary alicyclic amines) is 1. The third-order valence-electron chi connectivity index (χ3n) is 6.48. The van der Waals surface area contributed by atoms with Crippen LogP contribution in [0, 0.1) is 11.8 Å². The molecule has 3 fully saturated rings. The van der Waals surface area contributed by atoms with E-state index in [-0.39, 0.29) is 29.9 Å². The number of carbonyl (C=O) groups is 3. The van der Waals surface area contributed by atoms with Gasteiger partial charge in [-0.1, -0.05) is 35.7 Å². The number of halogens is 1. The minimum absolute atomic E-state index is 0.0258. The molecule has 3 aliphatic rings. The molecular formula is C21H33BrN2O6. The molecule has 2 bridgehead atoms. The Bertz CT molecular complexity index is 661. The maximum absolute atomic E-state index is 13.5. The molecule has 9 heteroatoms. The van der Waals surface area contributed by atoms with Crippen LogP contribution in [0.15, 0.2) is 0 Å². The Morgan fingerprint density at radius 1 is 1.30 bits per heavy atom. The second-order valence-electron chi connectivity index (χ2n) is 8.38. The number of rotatable bonds is 11. The summed E-state index contributed by atoms with van der Waals surface area (Å²) < 4.78 is 11.6. The monoisotopic (exact) mass is 488 g/mol. The molecule has 170 valence electrons. The number of carbonyl (C=O) groups excluding carboxylic acids is 3. The van der Waals surface area contributed by atoms with Crippen LogP contribution in [-0.4, -0.2) is 76.7 Å². The summed E-state index contributed by atoms with van der Waals surface area (Å²) in [4.78, 5) is 40.9. The van der Waals surface area contributed by atoms with E-state index in [0.29, 0.717) is 32.4 Å². The fraction of sp³-hybridized carbons (Fsp3) is 0.857. The number of nitrogens with one attached hydrogen (secondary N) is 1. The highest BCUT2D eigenvalue weighted by Crippen LogP contribution is 2.60. The number of nitrogens with zero attached hydrogens (tertiary/aromatic N) is 1. The molecule has 1 spiro atoms. The van der Waals surface area contributed by atoms with Crippen molar-refractivity contribution in [2.45, 2.75) is 74.9 Å². The maximum atomic E-state index is 13.5. The molecule has 3 heterocycles. The molecule has 0 aliphatic carbocycles. The van der Waals surface area contributed by atoms with Gasteiger partial charge >= 0.3 is 5.97 Å². The van der Waals surface area contributed by atoms with Crippen molar-refractivity contribution < 1.29 is 29.0 Å². The summed E-state index contributed by atoms with van der Waals surface area (Å²) in [6, 6.07) is -0.778. The number of hydrogen-bond donors (Lipinski definition) is 2. The van der Waals surface area contributed by atoms with Crippen molar-refractivity contribution in [3.63, 3.8) is 0 Å². The van der Waals surface area contributed by atoms with Gasteiger partial charge in [-0.2, -0.15) is 0 Å². The van der Waals surface area contributed by atoms with Gasteiger partial charge in [0.25, 0.3) is 0 Å². The molecule has 2 N–H and O–H groups in total. The van der Waals surface area contributed by atoms with Crippen molar-refractivity contribution in [3.05, 3.63) is 0 Å². The van der Waals surface area contributed by atoms with Crippen LogP contribution in [0.3, 0.4) is 0 Å². The van der Waals surface area contributed by atoms with Crippen LogP contribution in [0.25, 0.3) is 0 Å². The molecule has 3 rings (SSSR count). The summed E-state index contributed by atoms with van der Waals surface area (Å²) in [5, 5.41) is 12.1. The van der Waals surface area contributed by atoms with Crippen LogP contribution >= 0.6 is 15.9 Å². The molecule has 0 radical (unpaired) electrons. The number of aliphatic hydroxyl groups is 1. The first-order valence-electron chi connectivity index (χ1n) is 11.1. The Morgan fingerprint density at radius 3 is 2.73 bits per heavy atom. The number of amides is 2. The minimum atomic E-state index is -1.03. The SMILES string of the molecule is CCCCCNC(=O)[C@H]1N(CCCCO)C(=O)[C@@H]2[C@@H](C(=O)OCC)[C@@H]3O[C@@]21CC3Br. The van der Waals surface area contributed by atoms with Gasteiger partial charge in [0, 0.05) is 24.5 Å². The molecule has 6 atom stereocenters. The van der Waals surface area contributed by atoms with E-state index in [1.54, 1.807) is 11.8 Å². The molecular weight excluding hydrogens is 456 g/mol. The zero-order valence-electron chi connectivity index (χ0n) is 17.8. The smallest absolute Gasteiger partial charge is 0.312 e. The summed E-state index contributed by atoms with van der Waals surface area (Å²) in [6.45, 7) is 4.98. The van der Waals surface area contributed by atoms with Crippen LogP contribution in [-0.2, 0) is 23.9 Å². The van der Waals surface area contributed by atoms with Gasteiger partial charge in [0.2, 0.25) is 11.8 Å². The minimum Gasteiger partial charge on any atom is -0.466 e. The Kier molecular flexibility index (Phi) is 7.79. The molecule has 0 aromatic rings. The fourth-order valence-electron chi connectivity index (χ4n) is 5.26. The quantitative estimate of drug-likeness (QED) is 0.258. The molecule has 3 aliphatic heterocycles. The van der Waals surface area contributed by atoms with Crippen molar-refractivity contribution in [2.75, 3.05) is 26.3 Å². The molecule has 0 aromatic heterocycles. The summed E-state index contributed by atoms with van der Waals surface area (Å²) in [7, 11) is 0. The topological polar surface area (TPSA) is 105 Å². The first-order valence-corrected chi connectivity index (χ1v) is 12.0. The van der Waals surface area contributed by atoms with E-state index in [4.69, 9.17) is 14.6 Å². The van der Waals surface area contributed by atoms with Gasteiger partial charge in [0.15, 0.2) is 0 Å². The van der Waals surface area contributed by atoms with Gasteiger partial charge in [-0.15, -0.1) is 0 Å². The first-order chi connectivity index (χ1) is 14.4. The predicted octanol–water partition coefficient (Wildman–Crippen LogP) is 1.38. The average Bonchev–Trinajstić information content (AvgIpc) is 3.29. The van der Waals surface area contributed by atoms with E-state index in [9.17, 15) is 14.4 Å². The lowest BCUT2D eigenvalue weighted by atomic mass is 9.70. The van der Waals surface area contributed by atoms with Crippen LogP contribution in [0.5, 0.6) is 0 Å². The van der Waals surface area contributed by atoms with Gasteiger partial charge in [-0.3, -0.25) is 14.4 Å². The summed E-state index contributed by atoms with van der Waals surface area (Å²) in [5.74, 6) is -2.31. The predicted molar refractivity (Wildman–Crippen MR) is 113 cm³/mol. The van der Waals surface area contributed by atoms with Gasteiger partial charge in [0.05, 0.1) is 24.5 Å². The van der Waals surface area contributed by atoms with E-state index >= 15 is 0 Å². The third-order valence-corrected chi connectivity index (χ3v) is 7.33. The van der Waals surface area contributed by atoms with Crippen molar-refractivity contribution in [1.82, 2.24) is 10.2 Å². The van der Waals surface area contributed by atoms with Gasteiger partial charge in [-0.25, -0.2) is 0 Å². The number of alkyl halides is 1. The summed E-state index contributed by atoms with van der Waals surface area (Å²) in [6.07, 6.45) is 4.08. The van der Waals surface area contributed by atoms with Crippen molar-refractivity contribution in [2.24, 2.45) is 11.8 Å². The number of aliphatic hydroxyl groups excluding tert-OH is 1. The van der Waals surface area contributed by atoms with Crippen molar-refractivity contribution in [3.8, 4) is 0 Å². The standard InChI is InChI=1S/C21H33BrN2O6/c1-3-5-6-9-23-18(26)17-21-12-13(22)16(30-21)14(20(28)29-4-2)15(21)19(27)24(17)10-7-8-11-25/h13-17,25H,3-12H2,1-2H3,(H,23,26)/t13?,14-,15+,16-,17-,21+/m1/s1. The average molecular weight is 489 g/mol. The molecule has 3 saturated heterocycles. The molecule has 1 unspecified atom stereocenters. The number of fused-ring (bicyclic) bond motifs is 1. The van der Waals surface area contributed by atoms with Gasteiger partial charge < -0.3 is 24.8 Å². The van der Waals surface area contributed by atoms with Gasteiger partial charge in [-0.05, 0) is 32.6 Å². The number of unbranched alkanes of at least 4 members (excludes halogenated alkanes) is 3. The fourth-order valence-corrected chi connectivity index (χ4v) is 6.20. The van der Waals surface area contributed by atoms with E-state index in [0.717, 1.165) is 19.3 Å². The lowest BCUT2D eigenvalue weighted by Gasteiger charge is -2.34. The zero-order valence-corrected chi connectivity index (χ0v) is 19.4. The van der Waals surface area contributed by atoms with Crippen LogP contribution in [0.4, 0.5) is 0 Å². The highest BCUT2D eigenvalue weighted by Gasteiger charge is 2.76. The molecule has 0 aromatic carbocycles. The first kappa shape index (κ1) is 23.5. The molecule has 30 heavy (non-hydrogen) atoms. The number of esters is 1. The van der Waals surface area contributed by atoms with Crippen molar-refractivity contribution in [1.29, 1.82) is 0 Å².